The molecule has 0 bridgehead atoms. The first-order valence-corrected chi connectivity index (χ1v) is 10.0. The Morgan fingerprint density at radius 1 is 1.28 bits per heavy atom. The van der Waals surface area contributed by atoms with Gasteiger partial charge in [0.15, 0.2) is 0 Å². The highest BCUT2D eigenvalue weighted by atomic mass is 32.2. The predicted molar refractivity (Wildman–Crippen MR) is 103 cm³/mol. The Morgan fingerprint density at radius 2 is 2.08 bits per heavy atom. The first-order chi connectivity index (χ1) is 12.3. The summed E-state index contributed by atoms with van der Waals surface area (Å²) in [5.74, 6) is 2.59. The van der Waals surface area contributed by atoms with Crippen LogP contribution in [-0.2, 0) is 4.74 Å². The van der Waals surface area contributed by atoms with Gasteiger partial charge in [-0.3, -0.25) is 0 Å². The summed E-state index contributed by atoms with van der Waals surface area (Å²) in [6.07, 6.45) is 12.7. The van der Waals surface area contributed by atoms with Crippen LogP contribution in [0.15, 0.2) is 29.2 Å². The van der Waals surface area contributed by atoms with Gasteiger partial charge in [0.05, 0.1) is 18.3 Å². The lowest BCUT2D eigenvalue weighted by atomic mass is 10.2. The van der Waals surface area contributed by atoms with Crippen molar-refractivity contribution in [2.24, 2.45) is 0 Å². The Morgan fingerprint density at radius 3 is 2.80 bits per heavy atom. The van der Waals surface area contributed by atoms with Crippen LogP contribution in [0.4, 0.5) is 10.5 Å². The average molecular weight is 359 g/mol. The monoisotopic (exact) mass is 358 g/mol. The molecule has 1 aliphatic heterocycles. The van der Waals surface area contributed by atoms with Crippen molar-refractivity contribution in [3.8, 4) is 12.3 Å². The van der Waals surface area contributed by atoms with Crippen molar-refractivity contribution in [2.45, 2.75) is 54.8 Å². The largest absolute Gasteiger partial charge is 0.376 e. The normalized spacial score (nSPS) is 20.4. The van der Waals surface area contributed by atoms with E-state index in [0.29, 0.717) is 18.3 Å². The van der Waals surface area contributed by atoms with Gasteiger partial charge in [-0.15, -0.1) is 18.2 Å². The van der Waals surface area contributed by atoms with Gasteiger partial charge in [-0.05, 0) is 37.8 Å². The molecule has 2 aliphatic rings. The summed E-state index contributed by atoms with van der Waals surface area (Å²) in [6.45, 7) is 1.62. The number of anilines is 1. The van der Waals surface area contributed by atoms with Crippen LogP contribution in [-0.4, -0.2) is 42.0 Å². The van der Waals surface area contributed by atoms with Crippen LogP contribution in [0.1, 0.15) is 38.5 Å². The molecule has 5 heteroatoms. The van der Waals surface area contributed by atoms with E-state index in [0.717, 1.165) is 30.0 Å². The van der Waals surface area contributed by atoms with Gasteiger partial charge >= 0.3 is 6.03 Å². The predicted octanol–water partition coefficient (Wildman–Crippen LogP) is 4.37. The van der Waals surface area contributed by atoms with Crippen LogP contribution >= 0.6 is 11.8 Å². The van der Waals surface area contributed by atoms with Crippen molar-refractivity contribution in [3.05, 3.63) is 24.3 Å². The van der Waals surface area contributed by atoms with Gasteiger partial charge in [-0.1, -0.05) is 30.9 Å². The fraction of sp³-hybridized carbons (Fsp3) is 0.550. The fourth-order valence-corrected chi connectivity index (χ4v) is 4.75. The third kappa shape index (κ3) is 5.17. The zero-order valence-corrected chi connectivity index (χ0v) is 15.4. The van der Waals surface area contributed by atoms with Crippen LogP contribution < -0.4 is 5.32 Å². The minimum absolute atomic E-state index is 0.0993. The summed E-state index contributed by atoms with van der Waals surface area (Å²) in [5.41, 5.74) is 0.874. The number of hydrogen-bond donors (Lipinski definition) is 1. The first kappa shape index (κ1) is 18.2. The number of para-hydroxylation sites is 1. The molecule has 1 atom stereocenters. The van der Waals surface area contributed by atoms with E-state index in [2.05, 4.69) is 17.3 Å². The molecule has 3 rings (SSSR count). The Bertz CT molecular complexity index is 616. The molecule has 4 nitrogen and oxygen atoms in total. The molecule has 0 radical (unpaired) electrons. The summed E-state index contributed by atoms with van der Waals surface area (Å²) >= 11 is 1.88. The van der Waals surface area contributed by atoms with Crippen LogP contribution in [0.25, 0.3) is 0 Å². The van der Waals surface area contributed by atoms with Gasteiger partial charge in [0.2, 0.25) is 0 Å². The van der Waals surface area contributed by atoms with E-state index >= 15 is 0 Å². The third-order valence-corrected chi connectivity index (χ3v) is 6.16. The Labute approximate surface area is 154 Å². The molecule has 2 fully saturated rings. The smallest absolute Gasteiger partial charge is 0.322 e. The van der Waals surface area contributed by atoms with Crippen LogP contribution in [0.2, 0.25) is 0 Å². The number of urea groups is 1. The SMILES string of the molecule is C#CCN(CC1CCCO1)C(=O)Nc1ccccc1SC1CCCC1. The maximum Gasteiger partial charge on any atom is 0.322 e. The molecule has 1 heterocycles. The highest BCUT2D eigenvalue weighted by Gasteiger charge is 2.23. The van der Waals surface area contributed by atoms with E-state index in [1.165, 1.54) is 25.7 Å². The second-order valence-electron chi connectivity index (χ2n) is 6.67. The molecule has 0 aromatic heterocycles. The zero-order chi connectivity index (χ0) is 17.5. The Kier molecular flexibility index (Phi) is 6.66. The summed E-state index contributed by atoms with van der Waals surface area (Å²) in [4.78, 5) is 15.5. The van der Waals surface area contributed by atoms with Crippen molar-refractivity contribution in [1.29, 1.82) is 0 Å². The summed E-state index contributed by atoms with van der Waals surface area (Å²) in [5, 5.41) is 3.72. The number of ether oxygens (including phenoxy) is 1. The highest BCUT2D eigenvalue weighted by molar-refractivity contribution is 8.00. The second kappa shape index (κ2) is 9.17. The number of terminal acetylenes is 1. The molecule has 1 N–H and O–H groups in total. The average Bonchev–Trinajstić information content (AvgIpc) is 3.30. The van der Waals surface area contributed by atoms with E-state index < -0.39 is 0 Å². The van der Waals surface area contributed by atoms with Crippen LogP contribution in [0.5, 0.6) is 0 Å². The topological polar surface area (TPSA) is 41.6 Å². The van der Waals surface area contributed by atoms with Crippen LogP contribution in [0, 0.1) is 12.3 Å². The molecule has 1 aliphatic carbocycles. The van der Waals surface area contributed by atoms with Crippen molar-refractivity contribution in [2.75, 3.05) is 25.0 Å². The van der Waals surface area contributed by atoms with E-state index in [1.807, 2.05) is 30.0 Å². The fourth-order valence-electron chi connectivity index (χ4n) is 3.42. The summed E-state index contributed by atoms with van der Waals surface area (Å²) in [7, 11) is 0. The number of benzene rings is 1. The molecule has 1 unspecified atom stereocenters. The quantitative estimate of drug-likeness (QED) is 0.768. The highest BCUT2D eigenvalue weighted by Crippen LogP contribution is 2.38. The number of amides is 2. The van der Waals surface area contributed by atoms with Crippen molar-refractivity contribution in [1.82, 2.24) is 4.90 Å². The molecule has 2 amide bonds. The number of nitrogens with zero attached hydrogens (tertiary/aromatic N) is 1. The van der Waals surface area contributed by atoms with Gasteiger partial charge in [-0.25, -0.2) is 4.79 Å². The lowest BCUT2D eigenvalue weighted by molar-refractivity contribution is 0.0867. The molecule has 1 aromatic rings. The second-order valence-corrected chi connectivity index (χ2v) is 8.01. The lowest BCUT2D eigenvalue weighted by Gasteiger charge is -2.24. The number of rotatable bonds is 6. The van der Waals surface area contributed by atoms with Crippen LogP contribution in [0.3, 0.4) is 0 Å². The van der Waals surface area contributed by atoms with Gasteiger partial charge in [0, 0.05) is 23.3 Å². The van der Waals surface area contributed by atoms with E-state index in [1.54, 1.807) is 4.90 Å². The molecular weight excluding hydrogens is 332 g/mol. The van der Waals surface area contributed by atoms with Gasteiger partial charge < -0.3 is 15.0 Å². The first-order valence-electron chi connectivity index (χ1n) is 9.13. The Hall–Kier alpha value is -1.64. The van der Waals surface area contributed by atoms with Crippen molar-refractivity contribution < 1.29 is 9.53 Å². The maximum absolute atomic E-state index is 12.7. The van der Waals surface area contributed by atoms with Crippen molar-refractivity contribution >= 4 is 23.5 Å². The number of hydrogen-bond acceptors (Lipinski definition) is 3. The third-order valence-electron chi connectivity index (χ3n) is 4.74. The molecular formula is C20H26N2O2S. The number of nitrogens with one attached hydrogen (secondary N) is 1. The molecule has 25 heavy (non-hydrogen) atoms. The van der Waals surface area contributed by atoms with Gasteiger partial charge in [-0.2, -0.15) is 0 Å². The summed E-state index contributed by atoms with van der Waals surface area (Å²) in [6, 6.07) is 7.89. The number of carbonyl (C=O) groups is 1. The maximum atomic E-state index is 12.7. The molecule has 1 aromatic carbocycles. The van der Waals surface area contributed by atoms with Gasteiger partial charge in [0.1, 0.15) is 0 Å². The molecule has 0 spiro atoms. The standard InChI is InChI=1S/C20H26N2O2S/c1-2-13-22(15-16-8-7-14-24-16)20(23)21-18-11-5-6-12-19(18)25-17-9-3-4-10-17/h1,5-6,11-12,16-17H,3-4,7-10,13-15H2,(H,21,23). The molecule has 1 saturated carbocycles. The van der Waals surface area contributed by atoms with E-state index in [9.17, 15) is 4.79 Å². The minimum Gasteiger partial charge on any atom is -0.376 e. The number of thioether (sulfide) groups is 1. The van der Waals surface area contributed by atoms with Crippen molar-refractivity contribution in [3.63, 3.8) is 0 Å². The Balaban J connectivity index is 1.64. The summed E-state index contributed by atoms with van der Waals surface area (Å²) < 4.78 is 5.65. The molecule has 134 valence electrons. The van der Waals surface area contributed by atoms with Gasteiger partial charge in [0.25, 0.3) is 0 Å². The number of carbonyl (C=O) groups excluding carboxylic acids is 1. The van der Waals surface area contributed by atoms with E-state index in [4.69, 9.17) is 11.2 Å². The molecule has 1 saturated heterocycles. The minimum atomic E-state index is -0.145. The van der Waals surface area contributed by atoms with E-state index in [-0.39, 0.29) is 12.1 Å². The lowest BCUT2D eigenvalue weighted by Crippen LogP contribution is -2.40. The zero-order valence-electron chi connectivity index (χ0n) is 14.6.